The maximum absolute atomic E-state index is 13.9. The topological polar surface area (TPSA) is 143 Å². The van der Waals surface area contributed by atoms with Gasteiger partial charge < -0.3 is 24.5 Å². The highest BCUT2D eigenvalue weighted by Crippen LogP contribution is 2.30. The zero-order chi connectivity index (χ0) is 31.3. The third-order valence-corrected chi connectivity index (χ3v) is 7.83. The quantitative estimate of drug-likeness (QED) is 0.205. The van der Waals surface area contributed by atoms with Crippen LogP contribution in [0.3, 0.4) is 0 Å². The Balaban J connectivity index is 1.31. The molecule has 0 bridgehead atoms. The number of hydrogen-bond acceptors (Lipinski definition) is 6. The minimum absolute atomic E-state index is 0.0905. The van der Waals surface area contributed by atoms with Crippen molar-refractivity contribution < 1.29 is 24.2 Å². The van der Waals surface area contributed by atoms with Crippen LogP contribution < -0.4 is 5.56 Å². The number of imidazole rings is 1. The summed E-state index contributed by atoms with van der Waals surface area (Å²) in [5.74, 6) is -0.421. The van der Waals surface area contributed by atoms with Gasteiger partial charge >= 0.3 is 12.1 Å². The van der Waals surface area contributed by atoms with Gasteiger partial charge in [0.1, 0.15) is 12.2 Å². The number of fused-ring (bicyclic) bond motifs is 1. The summed E-state index contributed by atoms with van der Waals surface area (Å²) in [6.45, 7) is 6.83. The number of carboxylic acids is 1. The third-order valence-electron chi connectivity index (χ3n) is 7.83. The molecule has 3 N–H and O–H groups in total. The number of aliphatic carboxylic acids is 1. The van der Waals surface area contributed by atoms with Crippen LogP contribution in [0.15, 0.2) is 53.3 Å². The maximum atomic E-state index is 13.9. The van der Waals surface area contributed by atoms with Gasteiger partial charge in [0.15, 0.2) is 0 Å². The van der Waals surface area contributed by atoms with Crippen molar-refractivity contribution in [3.05, 3.63) is 81.3 Å². The first kappa shape index (κ1) is 31.1. The lowest BCUT2D eigenvalue weighted by molar-refractivity contribution is -0.142. The third kappa shape index (κ3) is 7.76. The number of aromatic amines is 2. The molecule has 2 aromatic heterocycles. The number of carboxylic acid groups (broad SMARTS) is 1. The van der Waals surface area contributed by atoms with Crippen molar-refractivity contribution in [1.29, 1.82) is 0 Å². The summed E-state index contributed by atoms with van der Waals surface area (Å²) < 4.78 is 12.2. The predicted molar refractivity (Wildman–Crippen MR) is 166 cm³/mol. The molecule has 1 saturated heterocycles. The highest BCUT2D eigenvalue weighted by atomic mass is 16.6. The molecule has 0 unspecified atom stereocenters. The van der Waals surface area contributed by atoms with Gasteiger partial charge in [0.25, 0.3) is 5.56 Å². The van der Waals surface area contributed by atoms with Crippen molar-refractivity contribution >= 4 is 23.1 Å². The standard InChI is InChI=1S/C33H41N5O6/c1-33(2,3)44-32(42)37-18-16-24(17-19-37)29-25(30(41)38(36-29)31-34-26-8-4-5-9-27(26)35-31)15-14-23-12-10-22(11-13-23)7-6-20-43-21-28(39)40/h4-5,8-13,24,36H,6-7,14-21H2,1-3H3,(H,34,35)(H,39,40). The van der Waals surface area contributed by atoms with Gasteiger partial charge in [-0.05, 0) is 82.6 Å². The largest absolute Gasteiger partial charge is 0.480 e. The van der Waals surface area contributed by atoms with Crippen molar-refractivity contribution in [2.24, 2.45) is 0 Å². The summed E-state index contributed by atoms with van der Waals surface area (Å²) >= 11 is 0. The predicted octanol–water partition coefficient (Wildman–Crippen LogP) is 4.98. The molecule has 11 nitrogen and oxygen atoms in total. The van der Waals surface area contributed by atoms with E-state index in [1.54, 1.807) is 4.90 Å². The Labute approximate surface area is 256 Å². The van der Waals surface area contributed by atoms with Gasteiger partial charge in [-0.25, -0.2) is 14.6 Å². The monoisotopic (exact) mass is 603 g/mol. The number of hydrogen-bond donors (Lipinski definition) is 3. The molecule has 0 spiro atoms. The number of nitrogens with zero attached hydrogens (tertiary/aromatic N) is 3. The first-order chi connectivity index (χ1) is 21.1. The highest BCUT2D eigenvalue weighted by molar-refractivity contribution is 5.76. The van der Waals surface area contributed by atoms with E-state index in [0.717, 1.165) is 59.1 Å². The fraction of sp³-hybridized carbons (Fsp3) is 0.455. The Morgan fingerprint density at radius 2 is 1.68 bits per heavy atom. The lowest BCUT2D eigenvalue weighted by Crippen LogP contribution is -2.41. The molecule has 0 aliphatic carbocycles. The van der Waals surface area contributed by atoms with E-state index in [-0.39, 0.29) is 24.2 Å². The van der Waals surface area contributed by atoms with E-state index < -0.39 is 11.6 Å². The fourth-order valence-electron chi connectivity index (χ4n) is 5.62. The number of rotatable bonds is 11. The molecule has 234 valence electrons. The number of carbonyl (C=O) groups is 2. The Hall–Kier alpha value is -4.38. The van der Waals surface area contributed by atoms with Crippen LogP contribution in [-0.4, -0.2) is 73.7 Å². The van der Waals surface area contributed by atoms with E-state index in [1.807, 2.05) is 45.0 Å². The molecule has 1 aliphatic heterocycles. The maximum Gasteiger partial charge on any atom is 0.410 e. The molecule has 1 aliphatic rings. The molecule has 1 fully saturated rings. The number of H-pyrrole nitrogens is 2. The number of piperidine rings is 1. The molecular formula is C33H41N5O6. The molecular weight excluding hydrogens is 562 g/mol. The smallest absolute Gasteiger partial charge is 0.410 e. The molecule has 5 rings (SSSR count). The van der Waals surface area contributed by atoms with Gasteiger partial charge in [0.05, 0.1) is 11.0 Å². The molecule has 3 heterocycles. The van der Waals surface area contributed by atoms with Crippen LogP contribution in [-0.2, 0) is 33.5 Å². The second-order valence-electron chi connectivity index (χ2n) is 12.3. The number of benzene rings is 2. The molecule has 4 aromatic rings. The van der Waals surface area contributed by atoms with Crippen LogP contribution >= 0.6 is 0 Å². The normalized spacial score (nSPS) is 14.3. The van der Waals surface area contributed by atoms with Gasteiger partial charge in [-0.1, -0.05) is 36.4 Å². The number of para-hydroxylation sites is 2. The van der Waals surface area contributed by atoms with Crippen molar-refractivity contribution in [1.82, 2.24) is 24.6 Å². The summed E-state index contributed by atoms with van der Waals surface area (Å²) in [5.41, 5.74) is 4.88. The average molecular weight is 604 g/mol. The molecule has 11 heteroatoms. The zero-order valence-electron chi connectivity index (χ0n) is 25.6. The van der Waals surface area contributed by atoms with Gasteiger partial charge in [-0.3, -0.25) is 9.89 Å². The second kappa shape index (κ2) is 13.5. The van der Waals surface area contributed by atoms with E-state index >= 15 is 0 Å². The first-order valence-electron chi connectivity index (χ1n) is 15.2. The number of ether oxygens (including phenoxy) is 2. The molecule has 0 saturated carbocycles. The van der Waals surface area contributed by atoms with Crippen molar-refractivity contribution in [2.45, 2.75) is 70.8 Å². The summed E-state index contributed by atoms with van der Waals surface area (Å²) in [6, 6.07) is 16.0. The van der Waals surface area contributed by atoms with E-state index in [2.05, 4.69) is 39.3 Å². The average Bonchev–Trinajstić information content (AvgIpc) is 3.56. The number of nitrogens with one attached hydrogen (secondary N) is 2. The van der Waals surface area contributed by atoms with E-state index in [9.17, 15) is 14.4 Å². The van der Waals surface area contributed by atoms with Gasteiger partial charge in [-0.2, -0.15) is 4.68 Å². The van der Waals surface area contributed by atoms with Crippen molar-refractivity contribution in [2.75, 3.05) is 26.3 Å². The lowest BCUT2D eigenvalue weighted by atomic mass is 9.90. The summed E-state index contributed by atoms with van der Waals surface area (Å²) in [6.07, 6.45) is 3.93. The van der Waals surface area contributed by atoms with E-state index in [4.69, 9.17) is 14.6 Å². The van der Waals surface area contributed by atoms with Crippen molar-refractivity contribution in [3.8, 4) is 5.95 Å². The van der Waals surface area contributed by atoms with Crippen LogP contribution in [0.25, 0.3) is 17.0 Å². The number of aromatic nitrogens is 4. The van der Waals surface area contributed by atoms with E-state index in [1.165, 1.54) is 4.68 Å². The molecule has 1 amide bonds. The Morgan fingerprint density at radius 3 is 2.34 bits per heavy atom. The van der Waals surface area contributed by atoms with E-state index in [0.29, 0.717) is 38.5 Å². The van der Waals surface area contributed by atoms with Crippen LogP contribution in [0.2, 0.25) is 0 Å². The van der Waals surface area contributed by atoms with Crippen molar-refractivity contribution in [3.63, 3.8) is 0 Å². The number of likely N-dealkylation sites (tertiary alicyclic amines) is 1. The Morgan fingerprint density at radius 1 is 1.00 bits per heavy atom. The van der Waals surface area contributed by atoms with Crippen LogP contribution in [0.1, 0.15) is 68.3 Å². The van der Waals surface area contributed by atoms with Gasteiger partial charge in [0.2, 0.25) is 5.95 Å². The highest BCUT2D eigenvalue weighted by Gasteiger charge is 2.31. The zero-order valence-corrected chi connectivity index (χ0v) is 25.6. The van der Waals surface area contributed by atoms with Crippen LogP contribution in [0.4, 0.5) is 4.79 Å². The number of carbonyl (C=O) groups excluding carboxylic acids is 1. The van der Waals surface area contributed by atoms with Gasteiger partial charge in [0, 0.05) is 36.9 Å². The van der Waals surface area contributed by atoms with Gasteiger partial charge in [-0.15, -0.1) is 0 Å². The summed E-state index contributed by atoms with van der Waals surface area (Å²) in [5, 5.41) is 12.1. The van der Waals surface area contributed by atoms with Crippen LogP contribution in [0.5, 0.6) is 0 Å². The minimum Gasteiger partial charge on any atom is -0.480 e. The summed E-state index contributed by atoms with van der Waals surface area (Å²) in [7, 11) is 0. The second-order valence-corrected chi connectivity index (χ2v) is 12.3. The number of aryl methyl sites for hydroxylation is 2. The molecule has 0 atom stereocenters. The minimum atomic E-state index is -0.962. The molecule has 2 aromatic carbocycles. The first-order valence-corrected chi connectivity index (χ1v) is 15.2. The van der Waals surface area contributed by atoms with Crippen LogP contribution in [0, 0.1) is 0 Å². The summed E-state index contributed by atoms with van der Waals surface area (Å²) in [4.78, 5) is 46.8. The SMILES string of the molecule is CC(C)(C)OC(=O)N1CCC(c2[nH]n(-c3nc4ccccc4[nH]3)c(=O)c2CCc2ccc(CCCOCC(=O)O)cc2)CC1. The Bertz CT molecular complexity index is 1600. The molecule has 0 radical (unpaired) electrons. The molecule has 44 heavy (non-hydrogen) atoms. The fourth-order valence-corrected chi connectivity index (χ4v) is 5.62. The Kier molecular flexibility index (Phi) is 9.53. The lowest BCUT2D eigenvalue weighted by Gasteiger charge is -2.33. The number of amides is 1.